The highest BCUT2D eigenvalue weighted by atomic mass is 35.5. The van der Waals surface area contributed by atoms with Crippen LogP contribution < -0.4 is 10.5 Å². The molecule has 1 heterocycles. The number of halogens is 1. The minimum Gasteiger partial charge on any atom is -0.491 e. The number of ether oxygens (including phenoxy) is 2. The molecule has 0 aliphatic carbocycles. The Balaban J connectivity index is 1.90. The molecule has 88 valence electrons. The third-order valence-electron chi connectivity index (χ3n) is 2.79. The van der Waals surface area contributed by atoms with Crippen LogP contribution in [0.3, 0.4) is 0 Å². The van der Waals surface area contributed by atoms with Crippen molar-refractivity contribution in [1.82, 2.24) is 0 Å². The summed E-state index contributed by atoms with van der Waals surface area (Å²) in [7, 11) is 0. The van der Waals surface area contributed by atoms with E-state index in [1.54, 1.807) is 18.2 Å². The van der Waals surface area contributed by atoms with Crippen LogP contribution in [0.15, 0.2) is 18.2 Å². The summed E-state index contributed by atoms with van der Waals surface area (Å²) in [4.78, 5) is 0. The molecular formula is C12H16ClNO2. The number of hydrogen-bond acceptors (Lipinski definition) is 3. The molecule has 1 aromatic rings. The zero-order valence-electron chi connectivity index (χ0n) is 9.12. The van der Waals surface area contributed by atoms with Crippen molar-refractivity contribution in [3.63, 3.8) is 0 Å². The minimum atomic E-state index is 0.562. The molecule has 0 radical (unpaired) electrons. The van der Waals surface area contributed by atoms with Gasteiger partial charge in [-0.25, -0.2) is 0 Å². The van der Waals surface area contributed by atoms with Crippen molar-refractivity contribution in [2.75, 3.05) is 25.6 Å². The third-order valence-corrected chi connectivity index (χ3v) is 3.03. The van der Waals surface area contributed by atoms with Crippen LogP contribution in [0.2, 0.25) is 5.02 Å². The predicted octanol–water partition coefficient (Wildman–Crippen LogP) is 2.73. The van der Waals surface area contributed by atoms with Gasteiger partial charge in [-0.15, -0.1) is 0 Å². The van der Waals surface area contributed by atoms with Gasteiger partial charge in [0, 0.05) is 24.3 Å². The third kappa shape index (κ3) is 3.03. The Hall–Kier alpha value is -0.930. The number of benzene rings is 1. The fourth-order valence-electron chi connectivity index (χ4n) is 1.75. The number of nitrogen functional groups attached to an aromatic ring is 1. The van der Waals surface area contributed by atoms with Crippen LogP contribution in [0, 0.1) is 5.92 Å². The quantitative estimate of drug-likeness (QED) is 0.828. The first-order chi connectivity index (χ1) is 7.75. The lowest BCUT2D eigenvalue weighted by atomic mass is 10.0. The average molecular weight is 242 g/mol. The molecule has 1 saturated heterocycles. The predicted molar refractivity (Wildman–Crippen MR) is 64.9 cm³/mol. The zero-order chi connectivity index (χ0) is 11.4. The fraction of sp³-hybridized carbons (Fsp3) is 0.500. The van der Waals surface area contributed by atoms with E-state index in [2.05, 4.69) is 0 Å². The van der Waals surface area contributed by atoms with Crippen LogP contribution >= 0.6 is 11.6 Å². The minimum absolute atomic E-state index is 0.562. The maximum atomic E-state index is 5.88. The van der Waals surface area contributed by atoms with Crippen LogP contribution in [-0.2, 0) is 4.74 Å². The van der Waals surface area contributed by atoms with E-state index in [4.69, 9.17) is 26.8 Å². The van der Waals surface area contributed by atoms with Gasteiger partial charge in [0.25, 0.3) is 0 Å². The molecule has 1 aromatic carbocycles. The maximum Gasteiger partial charge on any atom is 0.143 e. The van der Waals surface area contributed by atoms with Gasteiger partial charge in [0.05, 0.1) is 12.3 Å². The molecule has 0 atom stereocenters. The van der Waals surface area contributed by atoms with Gasteiger partial charge in [-0.3, -0.25) is 0 Å². The lowest BCUT2D eigenvalue weighted by Gasteiger charge is -2.22. The second-order valence-corrected chi connectivity index (χ2v) is 4.49. The Morgan fingerprint density at radius 2 is 2.12 bits per heavy atom. The highest BCUT2D eigenvalue weighted by Crippen LogP contribution is 2.26. The van der Waals surface area contributed by atoms with E-state index in [1.807, 2.05) is 0 Å². The van der Waals surface area contributed by atoms with Gasteiger partial charge in [-0.05, 0) is 30.9 Å². The van der Waals surface area contributed by atoms with Gasteiger partial charge in [0.15, 0.2) is 0 Å². The highest BCUT2D eigenvalue weighted by molar-refractivity contribution is 6.30. The Morgan fingerprint density at radius 3 is 2.88 bits per heavy atom. The second kappa shape index (κ2) is 5.41. The van der Waals surface area contributed by atoms with Crippen molar-refractivity contribution < 1.29 is 9.47 Å². The first-order valence-electron chi connectivity index (χ1n) is 5.51. The molecular weight excluding hydrogens is 226 g/mol. The molecule has 1 fully saturated rings. The first-order valence-corrected chi connectivity index (χ1v) is 5.89. The standard InChI is InChI=1S/C12H16ClNO2/c13-10-1-2-11(14)12(7-10)16-8-9-3-5-15-6-4-9/h1-2,7,9H,3-6,8,14H2. The molecule has 0 unspecified atom stereocenters. The topological polar surface area (TPSA) is 44.5 Å². The van der Waals surface area contributed by atoms with Gasteiger partial charge in [0.1, 0.15) is 5.75 Å². The summed E-state index contributed by atoms with van der Waals surface area (Å²) in [5.41, 5.74) is 6.43. The largest absolute Gasteiger partial charge is 0.491 e. The SMILES string of the molecule is Nc1ccc(Cl)cc1OCC1CCOCC1. The maximum absolute atomic E-state index is 5.88. The van der Waals surface area contributed by atoms with Crippen molar-refractivity contribution in [3.8, 4) is 5.75 Å². The van der Waals surface area contributed by atoms with Crippen molar-refractivity contribution in [1.29, 1.82) is 0 Å². The van der Waals surface area contributed by atoms with Crippen LogP contribution in [0.5, 0.6) is 5.75 Å². The van der Waals surface area contributed by atoms with Crippen molar-refractivity contribution in [2.24, 2.45) is 5.92 Å². The van der Waals surface area contributed by atoms with Crippen LogP contribution in [-0.4, -0.2) is 19.8 Å². The second-order valence-electron chi connectivity index (χ2n) is 4.05. The van der Waals surface area contributed by atoms with Crippen LogP contribution in [0.1, 0.15) is 12.8 Å². The zero-order valence-corrected chi connectivity index (χ0v) is 9.87. The van der Waals surface area contributed by atoms with E-state index in [9.17, 15) is 0 Å². The fourth-order valence-corrected chi connectivity index (χ4v) is 1.92. The summed E-state index contributed by atoms with van der Waals surface area (Å²) in [6, 6.07) is 5.29. The van der Waals surface area contributed by atoms with Gasteiger partial charge < -0.3 is 15.2 Å². The molecule has 1 aliphatic rings. The molecule has 1 aliphatic heterocycles. The Morgan fingerprint density at radius 1 is 1.38 bits per heavy atom. The van der Waals surface area contributed by atoms with Crippen molar-refractivity contribution >= 4 is 17.3 Å². The summed E-state index contributed by atoms with van der Waals surface area (Å²) >= 11 is 5.88. The molecule has 0 aromatic heterocycles. The normalized spacial score (nSPS) is 17.3. The summed E-state index contributed by atoms with van der Waals surface area (Å²) < 4.78 is 11.0. The Kier molecular flexibility index (Phi) is 3.91. The van der Waals surface area contributed by atoms with Gasteiger partial charge in [-0.1, -0.05) is 11.6 Å². The van der Waals surface area contributed by atoms with E-state index in [0.717, 1.165) is 26.1 Å². The Bertz CT molecular complexity index is 351. The van der Waals surface area contributed by atoms with Crippen LogP contribution in [0.4, 0.5) is 5.69 Å². The van der Waals surface area contributed by atoms with E-state index in [1.165, 1.54) is 0 Å². The highest BCUT2D eigenvalue weighted by Gasteiger charge is 2.14. The molecule has 3 nitrogen and oxygen atoms in total. The number of hydrogen-bond donors (Lipinski definition) is 1. The lowest BCUT2D eigenvalue weighted by Crippen LogP contribution is -2.21. The van der Waals surface area contributed by atoms with Crippen molar-refractivity contribution in [3.05, 3.63) is 23.2 Å². The molecule has 0 saturated carbocycles. The molecule has 4 heteroatoms. The number of nitrogens with two attached hydrogens (primary N) is 1. The summed E-state index contributed by atoms with van der Waals surface area (Å²) in [5, 5.41) is 0.649. The number of rotatable bonds is 3. The molecule has 2 N–H and O–H groups in total. The van der Waals surface area contributed by atoms with Crippen molar-refractivity contribution in [2.45, 2.75) is 12.8 Å². The van der Waals surface area contributed by atoms with E-state index >= 15 is 0 Å². The van der Waals surface area contributed by atoms with Gasteiger partial charge in [0.2, 0.25) is 0 Å². The summed E-state index contributed by atoms with van der Waals surface area (Å²) in [6.45, 7) is 2.35. The molecule has 0 spiro atoms. The van der Waals surface area contributed by atoms with Gasteiger partial charge in [-0.2, -0.15) is 0 Å². The van der Waals surface area contributed by atoms with E-state index < -0.39 is 0 Å². The average Bonchev–Trinajstić information content (AvgIpc) is 2.32. The Labute approximate surface area is 100 Å². The molecule has 0 amide bonds. The summed E-state index contributed by atoms with van der Waals surface area (Å²) in [6.07, 6.45) is 2.11. The van der Waals surface area contributed by atoms with E-state index in [-0.39, 0.29) is 0 Å². The molecule has 2 rings (SSSR count). The lowest BCUT2D eigenvalue weighted by molar-refractivity contribution is 0.0499. The summed E-state index contributed by atoms with van der Waals surface area (Å²) in [5.74, 6) is 1.24. The first kappa shape index (κ1) is 11.6. The van der Waals surface area contributed by atoms with E-state index in [0.29, 0.717) is 29.0 Å². The monoisotopic (exact) mass is 241 g/mol. The molecule has 16 heavy (non-hydrogen) atoms. The number of anilines is 1. The van der Waals surface area contributed by atoms with Gasteiger partial charge >= 0.3 is 0 Å². The molecule has 0 bridgehead atoms. The smallest absolute Gasteiger partial charge is 0.143 e. The van der Waals surface area contributed by atoms with Crippen LogP contribution in [0.25, 0.3) is 0 Å².